The fourth-order valence-electron chi connectivity index (χ4n) is 3.04. The molecule has 0 aliphatic carbocycles. The maximum Gasteiger partial charge on any atom is 0.230 e. The second kappa shape index (κ2) is 7.26. The van der Waals surface area contributed by atoms with Gasteiger partial charge in [0, 0.05) is 25.9 Å². The summed E-state index contributed by atoms with van der Waals surface area (Å²) in [4.78, 5) is 18.6. The van der Waals surface area contributed by atoms with Gasteiger partial charge in [0.15, 0.2) is 0 Å². The van der Waals surface area contributed by atoms with Gasteiger partial charge in [0.1, 0.15) is 17.2 Å². The van der Waals surface area contributed by atoms with Crippen molar-refractivity contribution in [1.29, 1.82) is 0 Å². The number of rotatable bonds is 4. The second-order valence-corrected chi connectivity index (χ2v) is 6.44. The number of carbonyl (C=O) groups excluding carboxylic acids is 1. The van der Waals surface area contributed by atoms with Gasteiger partial charge in [-0.05, 0) is 44.0 Å². The van der Waals surface area contributed by atoms with E-state index < -0.39 is 6.40 Å². The minimum absolute atomic E-state index is 0.0328. The van der Waals surface area contributed by atoms with Gasteiger partial charge in [-0.1, -0.05) is 15.5 Å². The van der Waals surface area contributed by atoms with E-state index in [0.29, 0.717) is 48.9 Å². The standard InChI is InChI=1S/C18H18FN5O3/c1-11-15(22-27-21-11)10-16(25)24-8-6-13(7-9-24)18-20-17(23-26-18)12-2-4-14(19)5-3-12/h2-5,13H,6-10H2,1H3/i10D. The molecule has 1 aliphatic rings. The smallest absolute Gasteiger partial charge is 0.230 e. The predicted octanol–water partition coefficient (Wildman–Crippen LogP) is 2.52. The van der Waals surface area contributed by atoms with Gasteiger partial charge >= 0.3 is 0 Å². The van der Waals surface area contributed by atoms with Crippen LogP contribution in [0.5, 0.6) is 0 Å². The molecule has 0 bridgehead atoms. The van der Waals surface area contributed by atoms with Crippen molar-refractivity contribution in [1.82, 2.24) is 25.4 Å². The molecular weight excluding hydrogens is 353 g/mol. The van der Waals surface area contributed by atoms with Gasteiger partial charge in [-0.25, -0.2) is 9.02 Å². The van der Waals surface area contributed by atoms with Crippen LogP contribution in [0.3, 0.4) is 0 Å². The zero-order chi connectivity index (χ0) is 19.7. The third kappa shape index (κ3) is 3.71. The third-order valence-corrected chi connectivity index (χ3v) is 4.65. The van der Waals surface area contributed by atoms with Crippen molar-refractivity contribution >= 4 is 5.91 Å². The second-order valence-electron chi connectivity index (χ2n) is 6.44. The Hall–Kier alpha value is -3.10. The van der Waals surface area contributed by atoms with Gasteiger partial charge in [-0.2, -0.15) is 4.98 Å². The molecule has 3 heterocycles. The fraction of sp³-hybridized carbons (Fsp3) is 0.389. The van der Waals surface area contributed by atoms with Crippen LogP contribution in [0.25, 0.3) is 11.4 Å². The van der Waals surface area contributed by atoms with Crippen molar-refractivity contribution < 1.29 is 19.7 Å². The number of likely N-dealkylation sites (tertiary alicyclic amines) is 1. The largest absolute Gasteiger partial charge is 0.342 e. The first-order chi connectivity index (χ1) is 13.5. The Morgan fingerprint density at radius 2 is 2.00 bits per heavy atom. The summed E-state index contributed by atoms with van der Waals surface area (Å²) in [5, 5.41) is 11.2. The quantitative estimate of drug-likeness (QED) is 0.694. The Bertz CT molecular complexity index is 966. The highest BCUT2D eigenvalue weighted by Gasteiger charge is 2.28. The number of hydrogen-bond acceptors (Lipinski definition) is 7. The Balaban J connectivity index is 1.38. The van der Waals surface area contributed by atoms with E-state index >= 15 is 0 Å². The fourth-order valence-corrected chi connectivity index (χ4v) is 3.04. The van der Waals surface area contributed by atoms with Gasteiger partial charge in [0.25, 0.3) is 0 Å². The molecule has 1 aromatic carbocycles. The van der Waals surface area contributed by atoms with Crippen LogP contribution in [0.1, 0.15) is 37.4 Å². The lowest BCUT2D eigenvalue weighted by atomic mass is 9.96. The number of aromatic nitrogens is 4. The Morgan fingerprint density at radius 3 is 2.67 bits per heavy atom. The van der Waals surface area contributed by atoms with Gasteiger partial charge in [-0.3, -0.25) is 4.79 Å². The molecule has 1 unspecified atom stereocenters. The summed E-state index contributed by atoms with van der Waals surface area (Å²) < 4.78 is 31.1. The van der Waals surface area contributed by atoms with Crippen molar-refractivity contribution in [3.05, 3.63) is 47.4 Å². The zero-order valence-electron chi connectivity index (χ0n) is 15.6. The third-order valence-electron chi connectivity index (χ3n) is 4.65. The van der Waals surface area contributed by atoms with Crippen LogP contribution < -0.4 is 0 Å². The van der Waals surface area contributed by atoms with Crippen LogP contribution in [-0.2, 0) is 11.2 Å². The number of benzene rings is 1. The summed E-state index contributed by atoms with van der Waals surface area (Å²) >= 11 is 0. The van der Waals surface area contributed by atoms with E-state index in [1.165, 1.54) is 12.1 Å². The summed E-state index contributed by atoms with van der Waals surface area (Å²) in [7, 11) is 0. The molecule has 140 valence electrons. The molecular formula is C18H18FN5O3. The number of hydrogen-bond donors (Lipinski definition) is 0. The molecule has 8 nitrogen and oxygen atoms in total. The van der Waals surface area contributed by atoms with E-state index in [0.717, 1.165) is 0 Å². The average molecular weight is 372 g/mol. The number of carbonyl (C=O) groups is 1. The highest BCUT2D eigenvalue weighted by atomic mass is 19.1. The van der Waals surface area contributed by atoms with Gasteiger partial charge in [0.05, 0.1) is 6.40 Å². The van der Waals surface area contributed by atoms with Crippen LogP contribution in [0.4, 0.5) is 4.39 Å². The Labute approximate surface area is 155 Å². The predicted molar refractivity (Wildman–Crippen MR) is 91.0 cm³/mol. The molecule has 0 spiro atoms. The van der Waals surface area contributed by atoms with E-state index in [2.05, 4.69) is 25.1 Å². The molecule has 3 aromatic rings. The van der Waals surface area contributed by atoms with Crippen molar-refractivity contribution in [2.45, 2.75) is 32.1 Å². The summed E-state index contributed by atoms with van der Waals surface area (Å²) in [5.41, 5.74) is 1.37. The lowest BCUT2D eigenvalue weighted by molar-refractivity contribution is -0.131. The monoisotopic (exact) mass is 372 g/mol. The highest BCUT2D eigenvalue weighted by Crippen LogP contribution is 2.28. The summed E-state index contributed by atoms with van der Waals surface area (Å²) in [5.74, 6) is 0.299. The topological polar surface area (TPSA) is 98.2 Å². The molecule has 1 aliphatic heterocycles. The highest BCUT2D eigenvalue weighted by molar-refractivity contribution is 5.78. The first-order valence-corrected chi connectivity index (χ1v) is 8.62. The minimum atomic E-state index is -1.14. The van der Waals surface area contributed by atoms with Crippen LogP contribution in [0.2, 0.25) is 0 Å². The van der Waals surface area contributed by atoms with Gasteiger partial charge < -0.3 is 9.42 Å². The molecule has 1 amide bonds. The first kappa shape index (κ1) is 16.1. The van der Waals surface area contributed by atoms with Crippen molar-refractivity contribution in [3.8, 4) is 11.4 Å². The Morgan fingerprint density at radius 1 is 1.26 bits per heavy atom. The van der Waals surface area contributed by atoms with Crippen LogP contribution >= 0.6 is 0 Å². The number of piperidine rings is 1. The SMILES string of the molecule is [2H]C(C(=O)N1CCC(c2nc(-c3ccc(F)cc3)no2)CC1)c1nonc1C. The summed E-state index contributed by atoms with van der Waals surface area (Å²) in [6.07, 6.45) is 0.162. The molecule has 1 atom stereocenters. The molecule has 4 rings (SSSR count). The van der Waals surface area contributed by atoms with Crippen molar-refractivity contribution in [3.63, 3.8) is 0 Å². The minimum Gasteiger partial charge on any atom is -0.342 e. The van der Waals surface area contributed by atoms with E-state index in [4.69, 9.17) is 5.89 Å². The zero-order valence-corrected chi connectivity index (χ0v) is 14.6. The summed E-state index contributed by atoms with van der Waals surface area (Å²) in [6, 6.07) is 5.89. The molecule has 1 saturated heterocycles. The van der Waals surface area contributed by atoms with E-state index in [9.17, 15) is 9.18 Å². The molecule has 9 heteroatoms. The molecule has 0 radical (unpaired) electrons. The molecule has 27 heavy (non-hydrogen) atoms. The molecule has 2 aromatic heterocycles. The van der Waals surface area contributed by atoms with E-state index in [1.807, 2.05) is 0 Å². The number of aryl methyl sites for hydroxylation is 1. The van der Waals surface area contributed by atoms with Crippen molar-refractivity contribution in [2.24, 2.45) is 0 Å². The maximum atomic E-state index is 13.0. The molecule has 1 fully saturated rings. The number of halogens is 1. The van der Waals surface area contributed by atoms with E-state index in [-0.39, 0.29) is 23.3 Å². The lowest BCUT2D eigenvalue weighted by Gasteiger charge is -2.30. The van der Waals surface area contributed by atoms with Gasteiger partial charge in [-0.15, -0.1) is 0 Å². The lowest BCUT2D eigenvalue weighted by Crippen LogP contribution is -2.39. The number of nitrogens with zero attached hydrogens (tertiary/aromatic N) is 5. The van der Waals surface area contributed by atoms with Crippen molar-refractivity contribution in [2.75, 3.05) is 13.1 Å². The van der Waals surface area contributed by atoms with Gasteiger partial charge in [0.2, 0.25) is 17.6 Å². The number of amides is 1. The van der Waals surface area contributed by atoms with E-state index in [1.54, 1.807) is 24.0 Å². The van der Waals surface area contributed by atoms with Crippen LogP contribution in [0, 0.1) is 12.7 Å². The summed E-state index contributed by atoms with van der Waals surface area (Å²) in [6.45, 7) is 2.62. The first-order valence-electron chi connectivity index (χ1n) is 9.20. The normalized spacial score (nSPS) is 17.0. The molecule has 0 saturated carbocycles. The molecule has 0 N–H and O–H groups in total. The van der Waals surface area contributed by atoms with Crippen LogP contribution in [0.15, 0.2) is 33.4 Å². The maximum absolute atomic E-state index is 13.0. The average Bonchev–Trinajstić information content (AvgIpc) is 3.37. The Kier molecular flexibility index (Phi) is 4.33. The van der Waals surface area contributed by atoms with Crippen LogP contribution in [-0.4, -0.2) is 44.4 Å².